The molecule has 1 aromatic carbocycles. The van der Waals surface area contributed by atoms with Crippen LogP contribution in [0.3, 0.4) is 0 Å². The number of morpholine rings is 1. The largest absolute Gasteiger partial charge is 0.394 e. The highest BCUT2D eigenvalue weighted by Gasteiger charge is 2.30. The smallest absolute Gasteiger partial charge is 0.148 e. The van der Waals surface area contributed by atoms with E-state index < -0.39 is 0 Å². The van der Waals surface area contributed by atoms with Crippen LogP contribution in [0.15, 0.2) is 48.9 Å². The van der Waals surface area contributed by atoms with Gasteiger partial charge in [0, 0.05) is 38.9 Å². The molecule has 2 atom stereocenters. The van der Waals surface area contributed by atoms with Gasteiger partial charge in [-0.3, -0.25) is 4.90 Å². The van der Waals surface area contributed by atoms with E-state index in [-0.39, 0.29) is 18.9 Å². The number of aliphatic hydroxyl groups is 1. The van der Waals surface area contributed by atoms with Gasteiger partial charge in [0.1, 0.15) is 24.0 Å². The molecule has 2 saturated heterocycles. The molecule has 0 radical (unpaired) electrons. The van der Waals surface area contributed by atoms with Gasteiger partial charge in [0.05, 0.1) is 18.1 Å². The highest BCUT2D eigenvalue weighted by molar-refractivity contribution is 5.88. The number of aromatic nitrogens is 3. The first-order chi connectivity index (χ1) is 14.3. The predicted octanol–water partition coefficient (Wildman–Crippen LogP) is 2.42. The van der Waals surface area contributed by atoms with E-state index in [1.807, 2.05) is 12.3 Å². The SMILES string of the molecule is OC[C@@H]1CN(Cc2ccccc2)C[C@H](n2ccc3c(N4CCCC4)ncnc32)O1. The Morgan fingerprint density at radius 3 is 2.66 bits per heavy atom. The maximum Gasteiger partial charge on any atom is 0.148 e. The van der Waals surface area contributed by atoms with Crippen molar-refractivity contribution < 1.29 is 9.84 Å². The third-order valence-electron chi connectivity index (χ3n) is 5.88. The molecule has 0 saturated carbocycles. The Morgan fingerprint density at radius 1 is 1.03 bits per heavy atom. The van der Waals surface area contributed by atoms with Crippen molar-refractivity contribution in [3.05, 3.63) is 54.5 Å². The molecule has 3 aromatic rings. The Labute approximate surface area is 170 Å². The van der Waals surface area contributed by atoms with E-state index in [0.29, 0.717) is 0 Å². The van der Waals surface area contributed by atoms with Gasteiger partial charge in [-0.25, -0.2) is 9.97 Å². The zero-order chi connectivity index (χ0) is 19.6. The minimum absolute atomic E-state index is 0.00893. The summed E-state index contributed by atoms with van der Waals surface area (Å²) in [7, 11) is 0. The van der Waals surface area contributed by atoms with E-state index in [0.717, 1.165) is 49.6 Å². The van der Waals surface area contributed by atoms with Crippen LogP contribution in [0.2, 0.25) is 0 Å². The highest BCUT2D eigenvalue weighted by Crippen LogP contribution is 2.30. The summed E-state index contributed by atoms with van der Waals surface area (Å²) in [4.78, 5) is 13.8. The summed E-state index contributed by atoms with van der Waals surface area (Å²) in [5.74, 6) is 1.02. The normalized spacial score (nSPS) is 23.1. The topological polar surface area (TPSA) is 66.7 Å². The van der Waals surface area contributed by atoms with Gasteiger partial charge in [0.15, 0.2) is 0 Å². The lowest BCUT2D eigenvalue weighted by molar-refractivity contribution is -0.135. The zero-order valence-corrected chi connectivity index (χ0v) is 16.5. The maximum absolute atomic E-state index is 9.80. The third kappa shape index (κ3) is 3.73. The van der Waals surface area contributed by atoms with Gasteiger partial charge in [0.25, 0.3) is 0 Å². The monoisotopic (exact) mass is 393 g/mol. The second kappa shape index (κ2) is 8.10. The zero-order valence-electron chi connectivity index (χ0n) is 16.5. The summed E-state index contributed by atoms with van der Waals surface area (Å²) >= 11 is 0. The Morgan fingerprint density at radius 2 is 1.86 bits per heavy atom. The predicted molar refractivity (Wildman–Crippen MR) is 112 cm³/mol. The summed E-state index contributed by atoms with van der Waals surface area (Å²) in [6.45, 7) is 4.41. The average Bonchev–Trinajstić information content (AvgIpc) is 3.44. The number of fused-ring (bicyclic) bond motifs is 1. The molecule has 152 valence electrons. The minimum Gasteiger partial charge on any atom is -0.394 e. The molecule has 2 aliphatic rings. The second-order valence-electron chi connectivity index (χ2n) is 7.93. The van der Waals surface area contributed by atoms with Gasteiger partial charge in [-0.1, -0.05) is 30.3 Å². The Hall–Kier alpha value is -2.48. The minimum atomic E-state index is -0.213. The van der Waals surface area contributed by atoms with Crippen molar-refractivity contribution in [3.63, 3.8) is 0 Å². The summed E-state index contributed by atoms with van der Waals surface area (Å²) in [5.41, 5.74) is 2.16. The summed E-state index contributed by atoms with van der Waals surface area (Å²) in [6, 6.07) is 12.5. The molecule has 0 amide bonds. The number of anilines is 1. The molecule has 0 spiro atoms. The Kier molecular flexibility index (Phi) is 5.18. The molecule has 2 aliphatic heterocycles. The molecule has 7 heteroatoms. The number of hydrogen-bond acceptors (Lipinski definition) is 6. The van der Waals surface area contributed by atoms with Crippen molar-refractivity contribution in [2.45, 2.75) is 31.7 Å². The molecule has 1 N–H and O–H groups in total. The number of aliphatic hydroxyl groups excluding tert-OH is 1. The van der Waals surface area contributed by atoms with Gasteiger partial charge in [-0.2, -0.15) is 0 Å². The number of benzene rings is 1. The van der Waals surface area contributed by atoms with Crippen molar-refractivity contribution in [2.24, 2.45) is 0 Å². The van der Waals surface area contributed by atoms with E-state index in [2.05, 4.69) is 54.7 Å². The number of nitrogens with zero attached hydrogens (tertiary/aromatic N) is 5. The van der Waals surface area contributed by atoms with E-state index in [4.69, 9.17) is 4.74 Å². The lowest BCUT2D eigenvalue weighted by Gasteiger charge is -2.38. The van der Waals surface area contributed by atoms with Crippen molar-refractivity contribution in [1.82, 2.24) is 19.4 Å². The lowest BCUT2D eigenvalue weighted by atomic mass is 10.2. The van der Waals surface area contributed by atoms with Crippen LogP contribution in [0.5, 0.6) is 0 Å². The fourth-order valence-corrected chi connectivity index (χ4v) is 4.49. The lowest BCUT2D eigenvalue weighted by Crippen LogP contribution is -2.46. The second-order valence-corrected chi connectivity index (χ2v) is 7.93. The first-order valence-corrected chi connectivity index (χ1v) is 10.4. The van der Waals surface area contributed by atoms with Crippen LogP contribution >= 0.6 is 0 Å². The van der Waals surface area contributed by atoms with Gasteiger partial charge in [-0.05, 0) is 24.5 Å². The maximum atomic E-state index is 9.80. The van der Waals surface area contributed by atoms with Crippen LogP contribution in [0.25, 0.3) is 11.0 Å². The van der Waals surface area contributed by atoms with E-state index >= 15 is 0 Å². The molecule has 29 heavy (non-hydrogen) atoms. The fraction of sp³-hybridized carbons (Fsp3) is 0.455. The van der Waals surface area contributed by atoms with E-state index in [9.17, 15) is 5.11 Å². The fourth-order valence-electron chi connectivity index (χ4n) is 4.49. The molecule has 7 nitrogen and oxygen atoms in total. The molecule has 0 bridgehead atoms. The average molecular weight is 393 g/mol. The Balaban J connectivity index is 1.43. The van der Waals surface area contributed by atoms with Crippen LogP contribution in [-0.4, -0.2) is 63.4 Å². The summed E-state index contributed by atoms with van der Waals surface area (Å²) in [5, 5.41) is 10.9. The Bertz CT molecular complexity index is 954. The summed E-state index contributed by atoms with van der Waals surface area (Å²) in [6.07, 6.45) is 5.72. The molecule has 2 aromatic heterocycles. The van der Waals surface area contributed by atoms with Crippen LogP contribution in [-0.2, 0) is 11.3 Å². The molecular weight excluding hydrogens is 366 g/mol. The van der Waals surface area contributed by atoms with Crippen molar-refractivity contribution in [2.75, 3.05) is 37.7 Å². The standard InChI is InChI=1S/C22H27N5O2/c28-15-18-13-25(12-17-6-2-1-3-7-17)14-20(29-18)27-11-8-19-21(23-16-24-22(19)27)26-9-4-5-10-26/h1-3,6-8,11,16,18,20,28H,4-5,9-10,12-15H2/t18-,20+/m0/s1. The quantitative estimate of drug-likeness (QED) is 0.718. The number of ether oxygens (including phenoxy) is 1. The van der Waals surface area contributed by atoms with E-state index in [1.54, 1.807) is 6.33 Å². The first kappa shape index (κ1) is 18.5. The van der Waals surface area contributed by atoms with Crippen LogP contribution < -0.4 is 4.90 Å². The van der Waals surface area contributed by atoms with Gasteiger partial charge < -0.3 is 19.3 Å². The molecular formula is C22H27N5O2. The summed E-state index contributed by atoms with van der Waals surface area (Å²) < 4.78 is 8.31. The van der Waals surface area contributed by atoms with Gasteiger partial charge >= 0.3 is 0 Å². The van der Waals surface area contributed by atoms with Gasteiger partial charge in [-0.15, -0.1) is 0 Å². The van der Waals surface area contributed by atoms with Crippen LogP contribution in [0.1, 0.15) is 24.6 Å². The van der Waals surface area contributed by atoms with Crippen molar-refractivity contribution >= 4 is 16.9 Å². The number of rotatable bonds is 5. The van der Waals surface area contributed by atoms with Crippen molar-refractivity contribution in [3.8, 4) is 0 Å². The van der Waals surface area contributed by atoms with Gasteiger partial charge in [0.2, 0.25) is 0 Å². The molecule has 4 heterocycles. The van der Waals surface area contributed by atoms with Crippen LogP contribution in [0.4, 0.5) is 5.82 Å². The first-order valence-electron chi connectivity index (χ1n) is 10.4. The molecule has 2 fully saturated rings. The highest BCUT2D eigenvalue weighted by atomic mass is 16.5. The molecule has 5 rings (SSSR count). The molecule has 0 aliphatic carbocycles. The molecule has 0 unspecified atom stereocenters. The third-order valence-corrected chi connectivity index (χ3v) is 5.88. The van der Waals surface area contributed by atoms with Crippen LogP contribution in [0, 0.1) is 0 Å². The van der Waals surface area contributed by atoms with E-state index in [1.165, 1.54) is 18.4 Å². The van der Waals surface area contributed by atoms with Crippen molar-refractivity contribution in [1.29, 1.82) is 0 Å². The number of hydrogen-bond donors (Lipinski definition) is 1.